The topological polar surface area (TPSA) is 28.9 Å². The van der Waals surface area contributed by atoms with Crippen molar-refractivity contribution in [1.29, 1.82) is 0 Å². The number of hydrogen-bond acceptors (Lipinski definition) is 2. The molecule has 2 aromatic rings. The van der Waals surface area contributed by atoms with Crippen molar-refractivity contribution >= 4 is 23.0 Å². The van der Waals surface area contributed by atoms with Crippen LogP contribution in [0.2, 0.25) is 0 Å². The van der Waals surface area contributed by atoms with E-state index in [0.717, 1.165) is 31.7 Å². The molecule has 0 aromatic heterocycles. The standard InChI is InChI=1S/C19H20F3N3OS/c20-17-4-2-1-3-14(17)13-24-9-11-25(12-10-24)19(27)23-15-5-7-16(8-6-15)26-18(21)22/h1-8,18H,9-13H2,(H,23,27)/p+1. The van der Waals surface area contributed by atoms with Crippen LogP contribution >= 0.6 is 12.2 Å². The summed E-state index contributed by atoms with van der Waals surface area (Å²) in [7, 11) is 0. The van der Waals surface area contributed by atoms with Gasteiger partial charge in [-0.1, -0.05) is 18.2 Å². The highest BCUT2D eigenvalue weighted by Crippen LogP contribution is 2.18. The number of rotatable bonds is 5. The van der Waals surface area contributed by atoms with Gasteiger partial charge in [-0.25, -0.2) is 4.39 Å². The summed E-state index contributed by atoms with van der Waals surface area (Å²) in [6.45, 7) is 1.07. The van der Waals surface area contributed by atoms with Gasteiger partial charge in [0.1, 0.15) is 18.1 Å². The third-order valence-electron chi connectivity index (χ3n) is 4.49. The van der Waals surface area contributed by atoms with Crippen LogP contribution < -0.4 is 15.0 Å². The van der Waals surface area contributed by atoms with Crippen LogP contribution in [0.15, 0.2) is 48.5 Å². The van der Waals surface area contributed by atoms with Crippen LogP contribution in [-0.2, 0) is 6.54 Å². The minimum Gasteiger partial charge on any atom is -0.435 e. The van der Waals surface area contributed by atoms with Gasteiger partial charge in [-0.05, 0) is 42.5 Å². The molecule has 0 spiro atoms. The first kappa shape index (κ1) is 19.4. The van der Waals surface area contributed by atoms with Gasteiger partial charge in [-0.3, -0.25) is 0 Å². The Labute approximate surface area is 161 Å². The molecule has 144 valence electrons. The zero-order chi connectivity index (χ0) is 19.2. The molecule has 1 aliphatic rings. The van der Waals surface area contributed by atoms with Gasteiger partial charge < -0.3 is 19.9 Å². The van der Waals surface area contributed by atoms with Gasteiger partial charge in [0.15, 0.2) is 5.11 Å². The summed E-state index contributed by atoms with van der Waals surface area (Å²) < 4.78 is 42.5. The van der Waals surface area contributed by atoms with Gasteiger partial charge in [-0.15, -0.1) is 0 Å². The molecule has 3 rings (SSSR count). The molecule has 0 bridgehead atoms. The Morgan fingerprint density at radius 1 is 1.11 bits per heavy atom. The predicted octanol–water partition coefficient (Wildman–Crippen LogP) is 2.52. The van der Waals surface area contributed by atoms with Crippen LogP contribution in [0.1, 0.15) is 5.56 Å². The van der Waals surface area contributed by atoms with Crippen molar-refractivity contribution in [2.45, 2.75) is 13.2 Å². The molecule has 0 saturated carbocycles. The molecule has 1 aliphatic heterocycles. The van der Waals surface area contributed by atoms with E-state index in [2.05, 4.69) is 15.0 Å². The van der Waals surface area contributed by atoms with Gasteiger partial charge in [-0.2, -0.15) is 8.78 Å². The lowest BCUT2D eigenvalue weighted by Crippen LogP contribution is -3.13. The second kappa shape index (κ2) is 9.05. The second-order valence-corrected chi connectivity index (χ2v) is 6.72. The van der Waals surface area contributed by atoms with Crippen molar-refractivity contribution < 1.29 is 22.8 Å². The molecule has 1 heterocycles. The first-order valence-electron chi connectivity index (χ1n) is 8.69. The Morgan fingerprint density at radius 2 is 1.78 bits per heavy atom. The summed E-state index contributed by atoms with van der Waals surface area (Å²) in [6, 6.07) is 13.1. The van der Waals surface area contributed by atoms with Crippen LogP contribution in [0, 0.1) is 5.82 Å². The molecule has 0 unspecified atom stereocenters. The molecule has 0 atom stereocenters. The van der Waals surface area contributed by atoms with Crippen molar-refractivity contribution in [3.05, 3.63) is 59.9 Å². The van der Waals surface area contributed by atoms with Crippen LogP contribution in [-0.4, -0.2) is 42.8 Å². The summed E-state index contributed by atoms with van der Waals surface area (Å²) in [5.74, 6) is -0.0595. The smallest absolute Gasteiger partial charge is 0.387 e. The minimum atomic E-state index is -2.84. The van der Waals surface area contributed by atoms with Crippen LogP contribution in [0.4, 0.5) is 18.9 Å². The van der Waals surface area contributed by atoms with Crippen LogP contribution in [0.25, 0.3) is 0 Å². The number of anilines is 1. The molecule has 4 nitrogen and oxygen atoms in total. The van der Waals surface area contributed by atoms with E-state index in [1.807, 2.05) is 12.1 Å². The molecule has 1 fully saturated rings. The lowest BCUT2D eigenvalue weighted by molar-refractivity contribution is -0.917. The molecule has 2 N–H and O–H groups in total. The molecular formula is C19H21F3N3OS+. The highest BCUT2D eigenvalue weighted by Gasteiger charge is 2.22. The number of piperazine rings is 1. The zero-order valence-corrected chi connectivity index (χ0v) is 15.4. The fourth-order valence-corrected chi connectivity index (χ4v) is 3.34. The van der Waals surface area contributed by atoms with Crippen molar-refractivity contribution in [1.82, 2.24) is 4.90 Å². The van der Waals surface area contributed by atoms with Crippen molar-refractivity contribution in [2.24, 2.45) is 0 Å². The normalized spacial score (nSPS) is 15.0. The van der Waals surface area contributed by atoms with E-state index >= 15 is 0 Å². The number of thiocarbonyl (C=S) groups is 1. The number of quaternary nitrogens is 1. The number of alkyl halides is 2. The van der Waals surface area contributed by atoms with E-state index < -0.39 is 6.61 Å². The Hall–Kier alpha value is -2.32. The Kier molecular flexibility index (Phi) is 6.52. The maximum Gasteiger partial charge on any atom is 0.387 e. The fraction of sp³-hybridized carbons (Fsp3) is 0.316. The van der Waals surface area contributed by atoms with E-state index in [4.69, 9.17) is 12.2 Å². The third-order valence-corrected chi connectivity index (χ3v) is 4.85. The number of benzene rings is 2. The minimum absolute atomic E-state index is 0.104. The van der Waals surface area contributed by atoms with E-state index in [1.54, 1.807) is 18.2 Å². The zero-order valence-electron chi connectivity index (χ0n) is 14.6. The monoisotopic (exact) mass is 396 g/mol. The first-order valence-corrected chi connectivity index (χ1v) is 9.10. The summed E-state index contributed by atoms with van der Waals surface area (Å²) in [5, 5.41) is 3.70. The number of ether oxygens (including phenoxy) is 1. The molecule has 2 aromatic carbocycles. The SMILES string of the molecule is Fc1ccccc1C[NH+]1CCN(C(=S)Nc2ccc(OC(F)F)cc2)CC1. The van der Waals surface area contributed by atoms with E-state index in [-0.39, 0.29) is 11.6 Å². The largest absolute Gasteiger partial charge is 0.435 e. The lowest BCUT2D eigenvalue weighted by atomic mass is 10.2. The van der Waals surface area contributed by atoms with Gasteiger partial charge in [0.2, 0.25) is 0 Å². The van der Waals surface area contributed by atoms with Gasteiger partial charge in [0, 0.05) is 11.3 Å². The van der Waals surface area contributed by atoms with Crippen molar-refractivity contribution in [2.75, 3.05) is 31.5 Å². The van der Waals surface area contributed by atoms with Gasteiger partial charge in [0.25, 0.3) is 0 Å². The maximum absolute atomic E-state index is 13.8. The molecule has 1 saturated heterocycles. The quantitative estimate of drug-likeness (QED) is 0.760. The lowest BCUT2D eigenvalue weighted by Gasteiger charge is -2.34. The molecular weight excluding hydrogens is 375 g/mol. The second-order valence-electron chi connectivity index (χ2n) is 6.34. The highest BCUT2D eigenvalue weighted by molar-refractivity contribution is 7.80. The van der Waals surface area contributed by atoms with E-state index in [0.29, 0.717) is 17.3 Å². The number of nitrogens with one attached hydrogen (secondary N) is 2. The molecule has 0 aliphatic carbocycles. The maximum atomic E-state index is 13.8. The van der Waals surface area contributed by atoms with Gasteiger partial charge >= 0.3 is 6.61 Å². The third kappa shape index (κ3) is 5.58. The van der Waals surface area contributed by atoms with Gasteiger partial charge in [0.05, 0.1) is 26.2 Å². The summed E-state index contributed by atoms with van der Waals surface area (Å²) >= 11 is 5.44. The van der Waals surface area contributed by atoms with Crippen LogP contribution in [0.5, 0.6) is 5.75 Å². The number of halogens is 3. The van der Waals surface area contributed by atoms with Crippen molar-refractivity contribution in [3.63, 3.8) is 0 Å². The Bertz CT molecular complexity index is 765. The summed E-state index contributed by atoms with van der Waals surface area (Å²) in [4.78, 5) is 3.37. The average Bonchev–Trinajstić information content (AvgIpc) is 2.65. The van der Waals surface area contributed by atoms with Crippen LogP contribution in [0.3, 0.4) is 0 Å². The molecule has 0 radical (unpaired) electrons. The number of hydrogen-bond donors (Lipinski definition) is 2. The van der Waals surface area contributed by atoms with E-state index in [9.17, 15) is 13.2 Å². The Balaban J connectivity index is 1.47. The molecule has 0 amide bonds. The van der Waals surface area contributed by atoms with E-state index in [1.165, 1.54) is 23.1 Å². The molecule has 8 heteroatoms. The number of nitrogens with zero attached hydrogens (tertiary/aromatic N) is 1. The summed E-state index contributed by atoms with van der Waals surface area (Å²) in [5.41, 5.74) is 1.44. The predicted molar refractivity (Wildman–Crippen MR) is 102 cm³/mol. The average molecular weight is 396 g/mol. The van der Waals surface area contributed by atoms with Crippen molar-refractivity contribution in [3.8, 4) is 5.75 Å². The first-order chi connectivity index (χ1) is 13.0. The molecule has 27 heavy (non-hydrogen) atoms. The Morgan fingerprint density at radius 3 is 2.41 bits per heavy atom. The summed E-state index contributed by atoms with van der Waals surface area (Å²) in [6.07, 6.45) is 0. The fourth-order valence-electron chi connectivity index (χ4n) is 3.04. The highest BCUT2D eigenvalue weighted by atomic mass is 32.1.